The summed E-state index contributed by atoms with van der Waals surface area (Å²) >= 11 is 0. The topological polar surface area (TPSA) is 17.1 Å². The smallest absolute Gasteiger partial charge is 0.122 e. The van der Waals surface area contributed by atoms with Gasteiger partial charge in [0, 0.05) is 5.92 Å². The fourth-order valence-electron chi connectivity index (χ4n) is 1.12. The Kier molecular flexibility index (Phi) is 5.44. The molecule has 0 saturated heterocycles. The van der Waals surface area contributed by atoms with Crippen LogP contribution in [-0.2, 0) is 4.79 Å². The highest BCUT2D eigenvalue weighted by atomic mass is 16.1. The minimum atomic E-state index is 0.163. The van der Waals surface area contributed by atoms with Gasteiger partial charge in [-0.3, -0.25) is 0 Å². The van der Waals surface area contributed by atoms with Crippen LogP contribution in [0.1, 0.15) is 40.5 Å². The molecule has 1 nitrogen and oxygen atoms in total. The van der Waals surface area contributed by atoms with Crippen LogP contribution in [0.5, 0.6) is 0 Å². The fourth-order valence-corrected chi connectivity index (χ4v) is 1.12. The van der Waals surface area contributed by atoms with E-state index in [2.05, 4.69) is 26.5 Å². The minimum absolute atomic E-state index is 0.163. The SMILES string of the molecule is C=C(C)/C=C/C(C)(C)CCC(C)C=O. The van der Waals surface area contributed by atoms with Gasteiger partial charge < -0.3 is 4.79 Å². The zero-order valence-corrected chi connectivity index (χ0v) is 9.84. The average Bonchev–Trinajstić information content (AvgIpc) is 2.11. The highest BCUT2D eigenvalue weighted by Crippen LogP contribution is 2.26. The molecule has 0 heterocycles. The summed E-state index contributed by atoms with van der Waals surface area (Å²) < 4.78 is 0. The molecule has 0 aliphatic carbocycles. The van der Waals surface area contributed by atoms with Gasteiger partial charge in [-0.15, -0.1) is 0 Å². The molecule has 0 fully saturated rings. The van der Waals surface area contributed by atoms with Gasteiger partial charge in [-0.25, -0.2) is 0 Å². The Morgan fingerprint density at radius 2 is 2.07 bits per heavy atom. The van der Waals surface area contributed by atoms with E-state index in [1.165, 1.54) is 0 Å². The fraction of sp³-hybridized carbons (Fsp3) is 0.615. The molecule has 1 atom stereocenters. The van der Waals surface area contributed by atoms with Crippen LogP contribution in [0.3, 0.4) is 0 Å². The van der Waals surface area contributed by atoms with Crippen molar-refractivity contribution in [2.75, 3.05) is 0 Å². The van der Waals surface area contributed by atoms with Crippen molar-refractivity contribution in [1.82, 2.24) is 0 Å². The Bertz CT molecular complexity index is 223. The van der Waals surface area contributed by atoms with Crippen molar-refractivity contribution in [3.05, 3.63) is 24.3 Å². The third kappa shape index (κ3) is 6.64. The van der Waals surface area contributed by atoms with Crippen LogP contribution in [0.4, 0.5) is 0 Å². The molecule has 0 N–H and O–H groups in total. The van der Waals surface area contributed by atoms with Crippen LogP contribution in [0.15, 0.2) is 24.3 Å². The highest BCUT2D eigenvalue weighted by molar-refractivity contribution is 5.52. The Labute approximate surface area is 87.9 Å². The Balaban J connectivity index is 4.06. The summed E-state index contributed by atoms with van der Waals surface area (Å²) in [7, 11) is 0. The molecule has 0 rings (SSSR count). The van der Waals surface area contributed by atoms with Crippen LogP contribution < -0.4 is 0 Å². The molecular weight excluding hydrogens is 172 g/mol. The quantitative estimate of drug-likeness (QED) is 0.465. The first-order chi connectivity index (χ1) is 6.37. The molecule has 1 heteroatoms. The molecule has 0 aliphatic heterocycles. The van der Waals surface area contributed by atoms with E-state index in [9.17, 15) is 4.79 Å². The highest BCUT2D eigenvalue weighted by Gasteiger charge is 2.14. The molecule has 0 radical (unpaired) electrons. The maximum Gasteiger partial charge on any atom is 0.122 e. The van der Waals surface area contributed by atoms with Crippen LogP contribution in [0.2, 0.25) is 0 Å². The average molecular weight is 194 g/mol. The molecular formula is C13H22O. The lowest BCUT2D eigenvalue weighted by Gasteiger charge is -2.20. The van der Waals surface area contributed by atoms with Gasteiger partial charge in [-0.1, -0.05) is 45.1 Å². The van der Waals surface area contributed by atoms with Gasteiger partial charge in [0.25, 0.3) is 0 Å². The molecule has 0 aliphatic rings. The maximum absolute atomic E-state index is 10.5. The van der Waals surface area contributed by atoms with Crippen molar-refractivity contribution in [2.45, 2.75) is 40.5 Å². The Morgan fingerprint density at radius 3 is 2.50 bits per heavy atom. The number of carbonyl (C=O) groups is 1. The molecule has 0 aromatic heterocycles. The lowest BCUT2D eigenvalue weighted by molar-refractivity contribution is -0.110. The van der Waals surface area contributed by atoms with Gasteiger partial charge in [-0.2, -0.15) is 0 Å². The summed E-state index contributed by atoms with van der Waals surface area (Å²) in [4.78, 5) is 10.5. The Hall–Kier alpha value is -0.850. The Morgan fingerprint density at radius 1 is 1.50 bits per heavy atom. The second-order valence-corrected chi connectivity index (χ2v) is 4.82. The summed E-state index contributed by atoms with van der Waals surface area (Å²) in [6, 6.07) is 0. The van der Waals surface area contributed by atoms with E-state index in [0.717, 1.165) is 24.7 Å². The molecule has 0 aromatic rings. The van der Waals surface area contributed by atoms with Gasteiger partial charge in [0.2, 0.25) is 0 Å². The summed E-state index contributed by atoms with van der Waals surface area (Å²) in [6.07, 6.45) is 7.24. The molecule has 0 aromatic carbocycles. The zero-order chi connectivity index (χ0) is 11.2. The van der Waals surface area contributed by atoms with Crippen molar-refractivity contribution < 1.29 is 4.79 Å². The van der Waals surface area contributed by atoms with Gasteiger partial charge in [0.1, 0.15) is 6.29 Å². The van der Waals surface area contributed by atoms with Crippen LogP contribution >= 0.6 is 0 Å². The van der Waals surface area contributed by atoms with Crippen LogP contribution in [-0.4, -0.2) is 6.29 Å². The van der Waals surface area contributed by atoms with Crippen LogP contribution in [0, 0.1) is 11.3 Å². The van der Waals surface area contributed by atoms with Gasteiger partial charge in [0.05, 0.1) is 0 Å². The summed E-state index contributed by atoms with van der Waals surface area (Å²) in [5.74, 6) is 0.174. The lowest BCUT2D eigenvalue weighted by atomic mass is 9.84. The molecule has 80 valence electrons. The summed E-state index contributed by atoms with van der Waals surface area (Å²) in [6.45, 7) is 12.1. The maximum atomic E-state index is 10.5. The molecule has 0 bridgehead atoms. The van der Waals surface area contributed by atoms with Crippen molar-refractivity contribution in [1.29, 1.82) is 0 Å². The largest absolute Gasteiger partial charge is 0.303 e. The zero-order valence-electron chi connectivity index (χ0n) is 9.84. The van der Waals surface area contributed by atoms with E-state index in [4.69, 9.17) is 0 Å². The first kappa shape index (κ1) is 13.2. The van der Waals surface area contributed by atoms with Crippen molar-refractivity contribution >= 4 is 6.29 Å². The first-order valence-corrected chi connectivity index (χ1v) is 5.17. The van der Waals surface area contributed by atoms with Gasteiger partial charge >= 0.3 is 0 Å². The van der Waals surface area contributed by atoms with E-state index in [1.807, 2.05) is 19.9 Å². The van der Waals surface area contributed by atoms with Gasteiger partial charge in [-0.05, 0) is 25.2 Å². The number of hydrogen-bond donors (Lipinski definition) is 0. The molecule has 1 unspecified atom stereocenters. The van der Waals surface area contributed by atoms with E-state index < -0.39 is 0 Å². The lowest BCUT2D eigenvalue weighted by Crippen LogP contribution is -2.10. The number of carbonyl (C=O) groups excluding carboxylic acids is 1. The van der Waals surface area contributed by atoms with Gasteiger partial charge in [0.15, 0.2) is 0 Å². The van der Waals surface area contributed by atoms with E-state index in [-0.39, 0.29) is 11.3 Å². The second kappa shape index (κ2) is 5.79. The standard InChI is InChI=1S/C13H22O/c1-11(2)6-8-13(4,5)9-7-12(3)10-14/h6,8,10,12H,1,7,9H2,2-5H3/b8-6+. The molecule has 0 spiro atoms. The molecule has 14 heavy (non-hydrogen) atoms. The number of hydrogen-bond acceptors (Lipinski definition) is 1. The molecule has 0 amide bonds. The normalized spacial score (nSPS) is 14.3. The van der Waals surface area contributed by atoms with E-state index in [1.54, 1.807) is 0 Å². The van der Waals surface area contributed by atoms with E-state index in [0.29, 0.717) is 0 Å². The third-order valence-corrected chi connectivity index (χ3v) is 2.30. The number of allylic oxidation sites excluding steroid dienone is 3. The molecule has 0 saturated carbocycles. The van der Waals surface area contributed by atoms with Crippen molar-refractivity contribution in [2.24, 2.45) is 11.3 Å². The van der Waals surface area contributed by atoms with Crippen LogP contribution in [0.25, 0.3) is 0 Å². The van der Waals surface area contributed by atoms with E-state index >= 15 is 0 Å². The number of rotatable bonds is 6. The van der Waals surface area contributed by atoms with Crippen molar-refractivity contribution in [3.63, 3.8) is 0 Å². The third-order valence-electron chi connectivity index (χ3n) is 2.30. The second-order valence-electron chi connectivity index (χ2n) is 4.82. The number of aldehydes is 1. The first-order valence-electron chi connectivity index (χ1n) is 5.17. The summed E-state index contributed by atoms with van der Waals surface area (Å²) in [5, 5.41) is 0. The monoisotopic (exact) mass is 194 g/mol. The minimum Gasteiger partial charge on any atom is -0.303 e. The predicted octanol–water partition coefficient (Wildman–Crippen LogP) is 3.76. The predicted molar refractivity (Wildman–Crippen MR) is 62.2 cm³/mol. The summed E-state index contributed by atoms with van der Waals surface area (Å²) in [5.41, 5.74) is 1.23. The van der Waals surface area contributed by atoms with Crippen molar-refractivity contribution in [3.8, 4) is 0 Å².